The molecule has 2 N–H and O–H groups in total. The number of benzene rings is 1. The molecule has 0 radical (unpaired) electrons. The normalized spacial score (nSPS) is 15.6. The third-order valence-electron chi connectivity index (χ3n) is 4.70. The summed E-state index contributed by atoms with van der Waals surface area (Å²) in [5, 5.41) is 5.75. The zero-order valence-corrected chi connectivity index (χ0v) is 14.4. The molecular weight excluding hydrogens is 286 g/mol. The van der Waals surface area contributed by atoms with Crippen molar-refractivity contribution in [3.8, 4) is 0 Å². The molecule has 0 saturated heterocycles. The van der Waals surface area contributed by atoms with Crippen molar-refractivity contribution in [1.82, 2.24) is 10.2 Å². The molecule has 0 unspecified atom stereocenters. The van der Waals surface area contributed by atoms with Gasteiger partial charge in [-0.3, -0.25) is 0 Å². The molecule has 23 heavy (non-hydrogen) atoms. The molecule has 2 amide bonds. The van der Waals surface area contributed by atoms with Gasteiger partial charge in [0.05, 0.1) is 0 Å². The molecule has 1 aromatic rings. The fourth-order valence-electron chi connectivity index (χ4n) is 3.27. The first-order valence-corrected chi connectivity index (χ1v) is 9.06. The third-order valence-corrected chi connectivity index (χ3v) is 4.70. The number of carbonyl (C=O) groups excluding carboxylic acids is 1. The van der Waals surface area contributed by atoms with Crippen LogP contribution in [0.5, 0.6) is 0 Å². The number of carbonyl (C=O) groups is 1. The van der Waals surface area contributed by atoms with Gasteiger partial charge in [-0.15, -0.1) is 0 Å². The first-order valence-electron chi connectivity index (χ1n) is 9.06. The van der Waals surface area contributed by atoms with Crippen LogP contribution in [0.4, 0.5) is 10.5 Å². The molecule has 1 aliphatic rings. The SMILES string of the molecule is CN(CCCCCNC(=O)Nc1ccccc1)C1CCCCC1. The van der Waals surface area contributed by atoms with E-state index in [0.29, 0.717) is 0 Å². The zero-order chi connectivity index (χ0) is 16.3. The number of urea groups is 1. The van der Waals surface area contributed by atoms with Crippen LogP contribution in [0.25, 0.3) is 0 Å². The first kappa shape index (κ1) is 17.8. The van der Waals surface area contributed by atoms with E-state index in [-0.39, 0.29) is 6.03 Å². The van der Waals surface area contributed by atoms with E-state index in [1.54, 1.807) is 0 Å². The average Bonchev–Trinajstić information content (AvgIpc) is 2.59. The van der Waals surface area contributed by atoms with Crippen molar-refractivity contribution in [3.63, 3.8) is 0 Å². The highest BCUT2D eigenvalue weighted by molar-refractivity contribution is 5.89. The third kappa shape index (κ3) is 7.04. The van der Waals surface area contributed by atoms with Crippen LogP contribution in [0, 0.1) is 0 Å². The van der Waals surface area contributed by atoms with Gasteiger partial charge < -0.3 is 15.5 Å². The predicted molar refractivity (Wildman–Crippen MR) is 96.8 cm³/mol. The van der Waals surface area contributed by atoms with Gasteiger partial charge in [0.25, 0.3) is 0 Å². The molecule has 1 aromatic carbocycles. The summed E-state index contributed by atoms with van der Waals surface area (Å²) in [6.07, 6.45) is 10.4. The monoisotopic (exact) mass is 317 g/mol. The minimum absolute atomic E-state index is 0.115. The van der Waals surface area contributed by atoms with Crippen LogP contribution in [-0.4, -0.2) is 37.1 Å². The van der Waals surface area contributed by atoms with Gasteiger partial charge in [0.1, 0.15) is 0 Å². The Hall–Kier alpha value is -1.55. The Kier molecular flexibility index (Phi) is 7.95. The van der Waals surface area contributed by atoms with Crippen LogP contribution in [0.15, 0.2) is 30.3 Å². The maximum absolute atomic E-state index is 11.7. The van der Waals surface area contributed by atoms with Crippen molar-refractivity contribution < 1.29 is 4.79 Å². The first-order chi connectivity index (χ1) is 11.3. The Morgan fingerprint density at radius 2 is 1.83 bits per heavy atom. The second-order valence-electron chi connectivity index (χ2n) is 6.58. The Morgan fingerprint density at radius 3 is 2.57 bits per heavy atom. The Labute approximate surface area is 140 Å². The molecule has 0 atom stereocenters. The van der Waals surface area contributed by atoms with Gasteiger partial charge in [-0.1, -0.05) is 43.9 Å². The van der Waals surface area contributed by atoms with Crippen LogP contribution in [0.3, 0.4) is 0 Å². The summed E-state index contributed by atoms with van der Waals surface area (Å²) < 4.78 is 0. The number of amides is 2. The van der Waals surface area contributed by atoms with Gasteiger partial charge in [-0.25, -0.2) is 4.79 Å². The fraction of sp³-hybridized carbons (Fsp3) is 0.632. The maximum Gasteiger partial charge on any atom is 0.319 e. The van der Waals surface area contributed by atoms with Crippen LogP contribution in [-0.2, 0) is 0 Å². The summed E-state index contributed by atoms with van der Waals surface area (Å²) in [5.41, 5.74) is 0.833. The van der Waals surface area contributed by atoms with E-state index in [2.05, 4.69) is 22.6 Å². The van der Waals surface area contributed by atoms with Gasteiger partial charge >= 0.3 is 6.03 Å². The summed E-state index contributed by atoms with van der Waals surface area (Å²) in [4.78, 5) is 14.3. The van der Waals surface area contributed by atoms with Crippen LogP contribution < -0.4 is 10.6 Å². The van der Waals surface area contributed by atoms with E-state index < -0.39 is 0 Å². The number of unbranched alkanes of at least 4 members (excludes halogenated alkanes) is 2. The van der Waals surface area contributed by atoms with Gasteiger partial charge in [-0.2, -0.15) is 0 Å². The molecule has 0 spiro atoms. The molecule has 1 saturated carbocycles. The Balaban J connectivity index is 1.48. The highest BCUT2D eigenvalue weighted by atomic mass is 16.2. The molecule has 2 rings (SSSR count). The number of rotatable bonds is 8. The lowest BCUT2D eigenvalue weighted by molar-refractivity contribution is 0.188. The minimum Gasteiger partial charge on any atom is -0.338 e. The van der Waals surface area contributed by atoms with Crippen molar-refractivity contribution in [2.45, 2.75) is 57.4 Å². The molecule has 0 bridgehead atoms. The second-order valence-corrected chi connectivity index (χ2v) is 6.58. The van der Waals surface area contributed by atoms with Gasteiger partial charge in [-0.05, 0) is 51.4 Å². The highest BCUT2D eigenvalue weighted by Crippen LogP contribution is 2.21. The maximum atomic E-state index is 11.7. The van der Waals surface area contributed by atoms with Crippen molar-refractivity contribution in [2.24, 2.45) is 0 Å². The van der Waals surface area contributed by atoms with E-state index in [9.17, 15) is 4.79 Å². The number of nitrogens with zero attached hydrogens (tertiary/aromatic N) is 1. The predicted octanol–water partition coefficient (Wildman–Crippen LogP) is 4.24. The molecule has 0 heterocycles. The van der Waals surface area contributed by atoms with E-state index in [4.69, 9.17) is 0 Å². The van der Waals surface area contributed by atoms with E-state index >= 15 is 0 Å². The minimum atomic E-state index is -0.115. The average molecular weight is 317 g/mol. The molecule has 1 fully saturated rings. The Morgan fingerprint density at radius 1 is 1.09 bits per heavy atom. The molecule has 0 aliphatic heterocycles. The van der Waals surface area contributed by atoms with E-state index in [0.717, 1.165) is 24.7 Å². The van der Waals surface area contributed by atoms with Gasteiger partial charge in [0, 0.05) is 18.3 Å². The van der Waals surface area contributed by atoms with E-state index in [1.165, 1.54) is 51.5 Å². The quantitative estimate of drug-likeness (QED) is 0.704. The second kappa shape index (κ2) is 10.3. The summed E-state index contributed by atoms with van der Waals surface area (Å²) >= 11 is 0. The molecular formula is C19H31N3O. The van der Waals surface area contributed by atoms with Crippen LogP contribution in [0.1, 0.15) is 51.4 Å². The van der Waals surface area contributed by atoms with Crippen molar-refractivity contribution in [3.05, 3.63) is 30.3 Å². The molecule has 4 heteroatoms. The number of anilines is 1. The summed E-state index contributed by atoms with van der Waals surface area (Å²) in [5.74, 6) is 0. The molecule has 1 aliphatic carbocycles. The van der Waals surface area contributed by atoms with E-state index in [1.807, 2.05) is 30.3 Å². The number of hydrogen-bond donors (Lipinski definition) is 2. The van der Waals surface area contributed by atoms with Crippen molar-refractivity contribution in [2.75, 3.05) is 25.5 Å². The largest absolute Gasteiger partial charge is 0.338 e. The number of para-hydroxylation sites is 1. The van der Waals surface area contributed by atoms with Crippen LogP contribution in [0.2, 0.25) is 0 Å². The Bertz CT molecular complexity index is 443. The summed E-state index contributed by atoms with van der Waals surface area (Å²) in [7, 11) is 2.27. The molecule has 0 aromatic heterocycles. The van der Waals surface area contributed by atoms with Crippen LogP contribution >= 0.6 is 0 Å². The summed E-state index contributed by atoms with van der Waals surface area (Å²) in [6, 6.07) is 10.2. The fourth-order valence-corrected chi connectivity index (χ4v) is 3.27. The lowest BCUT2D eigenvalue weighted by Gasteiger charge is -2.31. The topological polar surface area (TPSA) is 44.4 Å². The lowest BCUT2D eigenvalue weighted by Crippen LogP contribution is -2.34. The highest BCUT2D eigenvalue weighted by Gasteiger charge is 2.17. The molecule has 128 valence electrons. The zero-order valence-electron chi connectivity index (χ0n) is 14.4. The lowest BCUT2D eigenvalue weighted by atomic mass is 9.94. The smallest absolute Gasteiger partial charge is 0.319 e. The summed E-state index contributed by atoms with van der Waals surface area (Å²) in [6.45, 7) is 1.92. The van der Waals surface area contributed by atoms with Crippen molar-refractivity contribution in [1.29, 1.82) is 0 Å². The number of hydrogen-bond acceptors (Lipinski definition) is 2. The van der Waals surface area contributed by atoms with Gasteiger partial charge in [0.15, 0.2) is 0 Å². The standard InChI is InChI=1S/C19H31N3O/c1-22(18-13-7-3-8-14-18)16-10-4-9-15-20-19(23)21-17-11-5-2-6-12-17/h2,5-6,11-12,18H,3-4,7-10,13-16H2,1H3,(H2,20,21,23). The molecule has 4 nitrogen and oxygen atoms in total. The van der Waals surface area contributed by atoms with Crippen molar-refractivity contribution >= 4 is 11.7 Å². The number of nitrogens with one attached hydrogen (secondary N) is 2. The van der Waals surface area contributed by atoms with Gasteiger partial charge in [0.2, 0.25) is 0 Å².